The minimum atomic E-state index is -0.436. The van der Waals surface area contributed by atoms with Crippen molar-refractivity contribution in [1.82, 2.24) is 15.2 Å². The summed E-state index contributed by atoms with van der Waals surface area (Å²) in [5.41, 5.74) is 1.07. The summed E-state index contributed by atoms with van der Waals surface area (Å²) in [5.74, 6) is 0.791. The standard InChI is InChI=1S/C13H19ClN4O2S/c1-3-21-13(10-18(19)20)15-6-7-17(2)9-11-4-5-12(14)16-8-11/h4-5,8,10,15H,3,6-7,9H2,1-2H3/b13-10+. The molecule has 0 saturated carbocycles. The van der Waals surface area contributed by atoms with Crippen LogP contribution in [-0.4, -0.2) is 40.7 Å². The molecule has 1 N–H and O–H groups in total. The van der Waals surface area contributed by atoms with Crippen LogP contribution in [0.25, 0.3) is 0 Å². The molecule has 0 fully saturated rings. The summed E-state index contributed by atoms with van der Waals surface area (Å²) in [7, 11) is 1.99. The fraction of sp³-hybridized carbons (Fsp3) is 0.462. The van der Waals surface area contributed by atoms with Gasteiger partial charge >= 0.3 is 0 Å². The Bertz CT molecular complexity index is 482. The second kappa shape index (κ2) is 9.59. The maximum Gasteiger partial charge on any atom is 0.263 e. The van der Waals surface area contributed by atoms with Gasteiger partial charge in [-0.2, -0.15) is 0 Å². The number of nitro groups is 1. The van der Waals surface area contributed by atoms with E-state index in [9.17, 15) is 10.1 Å². The van der Waals surface area contributed by atoms with E-state index in [0.29, 0.717) is 16.7 Å². The molecule has 0 amide bonds. The normalized spacial score (nSPS) is 11.7. The first-order valence-corrected chi connectivity index (χ1v) is 7.88. The molecule has 0 bridgehead atoms. The van der Waals surface area contributed by atoms with E-state index in [0.717, 1.165) is 30.6 Å². The predicted molar refractivity (Wildman–Crippen MR) is 86.8 cm³/mol. The molecule has 0 unspecified atom stereocenters. The van der Waals surface area contributed by atoms with Crippen LogP contribution < -0.4 is 5.32 Å². The van der Waals surface area contributed by atoms with Crippen molar-refractivity contribution in [3.05, 3.63) is 50.4 Å². The molecule has 0 saturated heterocycles. The molecule has 1 rings (SSSR count). The van der Waals surface area contributed by atoms with E-state index in [4.69, 9.17) is 11.6 Å². The van der Waals surface area contributed by atoms with Crippen LogP contribution in [0.3, 0.4) is 0 Å². The maximum atomic E-state index is 10.5. The number of nitrogens with one attached hydrogen (secondary N) is 1. The monoisotopic (exact) mass is 330 g/mol. The molecule has 116 valence electrons. The lowest BCUT2D eigenvalue weighted by molar-refractivity contribution is -0.403. The van der Waals surface area contributed by atoms with Gasteiger partial charge in [0.2, 0.25) is 0 Å². The van der Waals surface area contributed by atoms with Crippen LogP contribution >= 0.6 is 23.4 Å². The van der Waals surface area contributed by atoms with E-state index < -0.39 is 4.92 Å². The molecule has 1 aromatic heterocycles. The van der Waals surface area contributed by atoms with Gasteiger partial charge in [-0.25, -0.2) is 4.98 Å². The Balaban J connectivity index is 2.36. The van der Waals surface area contributed by atoms with Crippen molar-refractivity contribution in [2.75, 3.05) is 25.9 Å². The number of nitrogens with zero attached hydrogens (tertiary/aromatic N) is 3. The van der Waals surface area contributed by atoms with Gasteiger partial charge in [-0.15, -0.1) is 11.8 Å². The Kier molecular flexibility index (Phi) is 8.11. The summed E-state index contributed by atoms with van der Waals surface area (Å²) in [6, 6.07) is 3.70. The number of thioether (sulfide) groups is 1. The molecule has 0 aliphatic heterocycles. The Morgan fingerprint density at radius 1 is 1.62 bits per heavy atom. The zero-order chi connectivity index (χ0) is 15.7. The van der Waals surface area contributed by atoms with Gasteiger partial charge in [0, 0.05) is 25.8 Å². The first-order chi connectivity index (χ1) is 10.0. The van der Waals surface area contributed by atoms with E-state index in [-0.39, 0.29) is 0 Å². The van der Waals surface area contributed by atoms with E-state index >= 15 is 0 Å². The van der Waals surface area contributed by atoms with Crippen molar-refractivity contribution in [3.8, 4) is 0 Å². The summed E-state index contributed by atoms with van der Waals surface area (Å²) in [6.07, 6.45) is 2.76. The number of halogens is 1. The second-order valence-electron chi connectivity index (χ2n) is 4.37. The molecule has 0 aliphatic carbocycles. The minimum Gasteiger partial charge on any atom is -0.374 e. The van der Waals surface area contributed by atoms with Crippen LogP contribution in [-0.2, 0) is 6.54 Å². The van der Waals surface area contributed by atoms with Gasteiger partial charge in [-0.1, -0.05) is 24.6 Å². The highest BCUT2D eigenvalue weighted by Crippen LogP contribution is 2.11. The Morgan fingerprint density at radius 3 is 2.95 bits per heavy atom. The van der Waals surface area contributed by atoms with E-state index in [1.807, 2.05) is 20.0 Å². The summed E-state index contributed by atoms with van der Waals surface area (Å²) in [6.45, 7) is 4.12. The Morgan fingerprint density at radius 2 is 2.38 bits per heavy atom. The molecule has 0 aromatic carbocycles. The fourth-order valence-electron chi connectivity index (χ4n) is 1.65. The number of likely N-dealkylation sites (N-methyl/N-ethyl adjacent to an activating group) is 1. The van der Waals surface area contributed by atoms with Gasteiger partial charge < -0.3 is 10.2 Å². The molecule has 6 nitrogen and oxygen atoms in total. The summed E-state index contributed by atoms with van der Waals surface area (Å²) < 4.78 is 0. The summed E-state index contributed by atoms with van der Waals surface area (Å²) >= 11 is 7.17. The van der Waals surface area contributed by atoms with Crippen molar-refractivity contribution < 1.29 is 4.92 Å². The molecule has 21 heavy (non-hydrogen) atoms. The molecular formula is C13H19ClN4O2S. The highest BCUT2D eigenvalue weighted by Gasteiger charge is 2.04. The molecule has 8 heteroatoms. The lowest BCUT2D eigenvalue weighted by Gasteiger charge is -2.17. The van der Waals surface area contributed by atoms with Gasteiger partial charge in [0.25, 0.3) is 6.20 Å². The highest BCUT2D eigenvalue weighted by atomic mass is 35.5. The summed E-state index contributed by atoms with van der Waals surface area (Å²) in [5, 5.41) is 14.6. The lowest BCUT2D eigenvalue weighted by atomic mass is 10.3. The van der Waals surface area contributed by atoms with Crippen LogP contribution in [0.15, 0.2) is 29.6 Å². The molecular weight excluding hydrogens is 312 g/mol. The molecule has 0 aliphatic rings. The van der Waals surface area contributed by atoms with Crippen LogP contribution in [0.4, 0.5) is 0 Å². The molecule has 0 spiro atoms. The zero-order valence-electron chi connectivity index (χ0n) is 12.1. The molecule has 0 atom stereocenters. The second-order valence-corrected chi connectivity index (χ2v) is 6.06. The van der Waals surface area contributed by atoms with Gasteiger partial charge in [0.05, 0.1) is 4.92 Å². The largest absolute Gasteiger partial charge is 0.374 e. The summed E-state index contributed by atoms with van der Waals surface area (Å²) in [4.78, 5) is 16.2. The number of pyridine rings is 1. The Hall–Kier alpha value is -1.31. The van der Waals surface area contributed by atoms with Gasteiger partial charge in [-0.05, 0) is 24.4 Å². The minimum absolute atomic E-state index is 0.436. The van der Waals surface area contributed by atoms with Crippen molar-refractivity contribution in [1.29, 1.82) is 0 Å². The highest BCUT2D eigenvalue weighted by molar-refractivity contribution is 8.02. The average molecular weight is 331 g/mol. The SMILES string of the molecule is CCS/C(=C/[N+](=O)[O-])NCCN(C)Cc1ccc(Cl)nc1. The van der Waals surface area contributed by atoms with Crippen LogP contribution in [0.1, 0.15) is 12.5 Å². The number of hydrogen-bond donors (Lipinski definition) is 1. The quantitative estimate of drug-likeness (QED) is 0.426. The Labute approximate surface area is 133 Å². The van der Waals surface area contributed by atoms with Crippen LogP contribution in [0.5, 0.6) is 0 Å². The van der Waals surface area contributed by atoms with Crippen molar-refractivity contribution in [2.45, 2.75) is 13.5 Å². The van der Waals surface area contributed by atoms with Gasteiger partial charge in [-0.3, -0.25) is 10.1 Å². The maximum absolute atomic E-state index is 10.5. The van der Waals surface area contributed by atoms with E-state index in [2.05, 4.69) is 15.2 Å². The third-order valence-corrected chi connectivity index (χ3v) is 3.63. The third kappa shape index (κ3) is 7.89. The molecule has 1 aromatic rings. The molecule has 1 heterocycles. The number of rotatable bonds is 9. The van der Waals surface area contributed by atoms with Crippen molar-refractivity contribution in [3.63, 3.8) is 0 Å². The van der Waals surface area contributed by atoms with Gasteiger partial charge in [0.1, 0.15) is 10.2 Å². The topological polar surface area (TPSA) is 71.3 Å². The number of aromatic nitrogens is 1. The smallest absolute Gasteiger partial charge is 0.263 e. The zero-order valence-corrected chi connectivity index (χ0v) is 13.7. The van der Waals surface area contributed by atoms with Gasteiger partial charge in [0.15, 0.2) is 0 Å². The van der Waals surface area contributed by atoms with Crippen LogP contribution in [0.2, 0.25) is 5.15 Å². The van der Waals surface area contributed by atoms with Crippen molar-refractivity contribution >= 4 is 23.4 Å². The number of hydrogen-bond acceptors (Lipinski definition) is 6. The van der Waals surface area contributed by atoms with Crippen molar-refractivity contribution in [2.24, 2.45) is 0 Å². The first kappa shape index (κ1) is 17.7. The molecule has 0 radical (unpaired) electrons. The first-order valence-electron chi connectivity index (χ1n) is 6.52. The third-order valence-electron chi connectivity index (χ3n) is 2.56. The fourth-order valence-corrected chi connectivity index (χ4v) is 2.43. The predicted octanol–water partition coefficient (Wildman–Crippen LogP) is 2.59. The van der Waals surface area contributed by atoms with E-state index in [1.165, 1.54) is 11.8 Å². The van der Waals surface area contributed by atoms with E-state index in [1.54, 1.807) is 12.3 Å². The van der Waals surface area contributed by atoms with Crippen LogP contribution in [0, 0.1) is 10.1 Å². The lowest BCUT2D eigenvalue weighted by Crippen LogP contribution is -2.28. The average Bonchev–Trinajstić information content (AvgIpc) is 2.41.